The van der Waals surface area contributed by atoms with Gasteiger partial charge in [-0.25, -0.2) is 9.18 Å². The van der Waals surface area contributed by atoms with Crippen LogP contribution in [0.25, 0.3) is 0 Å². The molecule has 3 amide bonds. The third-order valence-electron chi connectivity index (χ3n) is 3.43. The molecule has 0 aliphatic heterocycles. The Morgan fingerprint density at radius 1 is 1.17 bits per heavy atom. The molecule has 2 aromatic rings. The minimum Gasteiger partial charge on any atom is -0.333 e. The number of amides is 3. The number of nitrogens with two attached hydrogens (primary N) is 1. The van der Waals surface area contributed by atoms with Gasteiger partial charge in [-0.3, -0.25) is 10.1 Å². The third kappa shape index (κ3) is 5.33. The van der Waals surface area contributed by atoms with E-state index in [0.29, 0.717) is 5.02 Å². The van der Waals surface area contributed by atoms with E-state index in [4.69, 9.17) is 11.6 Å². The molecule has 4 N–H and O–H groups in total. The standard InChI is InChI=1S/C17H17ClFN3O2/c1-11(12-6-8-13(18)9-7-12)20-10-16(23)22-17(24)21-15-5-3-2-4-14(15)19/h2-9,11,20H,10H2,1H3,(H2,21,22,23,24)/p+1/t11-/m1/s1. The summed E-state index contributed by atoms with van der Waals surface area (Å²) in [6.45, 7) is 2.00. The largest absolute Gasteiger partial charge is 0.333 e. The van der Waals surface area contributed by atoms with Gasteiger partial charge in [-0.15, -0.1) is 0 Å². The third-order valence-corrected chi connectivity index (χ3v) is 3.68. The Bertz CT molecular complexity index is 722. The monoisotopic (exact) mass is 350 g/mol. The average Bonchev–Trinajstić information content (AvgIpc) is 2.55. The number of nitrogens with one attached hydrogen (secondary N) is 2. The van der Waals surface area contributed by atoms with E-state index in [1.165, 1.54) is 18.2 Å². The van der Waals surface area contributed by atoms with E-state index in [1.807, 2.05) is 19.1 Å². The molecule has 24 heavy (non-hydrogen) atoms. The van der Waals surface area contributed by atoms with Crippen molar-refractivity contribution in [1.82, 2.24) is 5.32 Å². The second kappa shape index (κ2) is 8.42. The van der Waals surface area contributed by atoms with Gasteiger partial charge in [0.25, 0.3) is 5.91 Å². The zero-order valence-corrected chi connectivity index (χ0v) is 13.8. The number of hydrogen-bond donors (Lipinski definition) is 3. The van der Waals surface area contributed by atoms with Gasteiger partial charge in [0.15, 0.2) is 6.54 Å². The molecule has 7 heteroatoms. The quantitative estimate of drug-likeness (QED) is 0.774. The number of imide groups is 1. The number of carbonyl (C=O) groups excluding carboxylic acids is 2. The molecule has 0 aliphatic rings. The van der Waals surface area contributed by atoms with Gasteiger partial charge in [0.2, 0.25) is 0 Å². The molecule has 0 heterocycles. The minimum absolute atomic E-state index is 0.0151. The molecule has 0 spiro atoms. The maximum atomic E-state index is 13.4. The number of urea groups is 1. The molecular formula is C17H18ClFN3O2+. The summed E-state index contributed by atoms with van der Waals surface area (Å²) in [5.74, 6) is -1.03. The van der Waals surface area contributed by atoms with Crippen LogP contribution < -0.4 is 16.0 Å². The predicted octanol–water partition coefficient (Wildman–Crippen LogP) is 2.45. The van der Waals surface area contributed by atoms with Crippen molar-refractivity contribution in [2.75, 3.05) is 11.9 Å². The van der Waals surface area contributed by atoms with E-state index in [0.717, 1.165) is 5.56 Å². The van der Waals surface area contributed by atoms with Crippen molar-refractivity contribution in [3.8, 4) is 0 Å². The van der Waals surface area contributed by atoms with Crippen LogP contribution in [0.2, 0.25) is 5.02 Å². The SMILES string of the molecule is C[C@@H]([NH2+]CC(=O)NC(=O)Nc1ccccc1F)c1ccc(Cl)cc1. The van der Waals surface area contributed by atoms with Crippen molar-refractivity contribution >= 4 is 29.2 Å². The van der Waals surface area contributed by atoms with E-state index in [1.54, 1.807) is 23.5 Å². The van der Waals surface area contributed by atoms with Crippen molar-refractivity contribution in [1.29, 1.82) is 0 Å². The number of halogens is 2. The van der Waals surface area contributed by atoms with Crippen LogP contribution in [-0.2, 0) is 4.79 Å². The second-order valence-electron chi connectivity index (χ2n) is 5.26. The highest BCUT2D eigenvalue weighted by Crippen LogP contribution is 2.13. The van der Waals surface area contributed by atoms with Crippen molar-refractivity contribution in [3.05, 3.63) is 64.9 Å². The molecule has 0 unspecified atom stereocenters. The van der Waals surface area contributed by atoms with Crippen molar-refractivity contribution in [3.63, 3.8) is 0 Å². The fraction of sp³-hybridized carbons (Fsp3) is 0.176. The number of anilines is 1. The number of rotatable bonds is 5. The predicted molar refractivity (Wildman–Crippen MR) is 90.2 cm³/mol. The molecular weight excluding hydrogens is 333 g/mol. The lowest BCUT2D eigenvalue weighted by molar-refractivity contribution is -0.682. The molecule has 2 aromatic carbocycles. The van der Waals surface area contributed by atoms with Crippen molar-refractivity contribution < 1.29 is 19.3 Å². The highest BCUT2D eigenvalue weighted by atomic mass is 35.5. The molecule has 0 aromatic heterocycles. The molecule has 0 saturated carbocycles. The molecule has 0 aliphatic carbocycles. The number of quaternary nitrogens is 1. The molecule has 0 radical (unpaired) electrons. The Morgan fingerprint density at radius 2 is 1.83 bits per heavy atom. The zero-order valence-electron chi connectivity index (χ0n) is 13.1. The zero-order chi connectivity index (χ0) is 17.5. The summed E-state index contributed by atoms with van der Waals surface area (Å²) in [4.78, 5) is 23.5. The maximum Gasteiger partial charge on any atom is 0.326 e. The average molecular weight is 351 g/mol. The number of benzene rings is 2. The molecule has 0 saturated heterocycles. The summed E-state index contributed by atoms with van der Waals surface area (Å²) >= 11 is 5.83. The van der Waals surface area contributed by atoms with Crippen LogP contribution in [0.5, 0.6) is 0 Å². The maximum absolute atomic E-state index is 13.4. The van der Waals surface area contributed by atoms with E-state index in [2.05, 4.69) is 10.6 Å². The van der Waals surface area contributed by atoms with Gasteiger partial charge < -0.3 is 10.6 Å². The van der Waals surface area contributed by atoms with Crippen LogP contribution in [0.15, 0.2) is 48.5 Å². The van der Waals surface area contributed by atoms with Crippen LogP contribution in [0.4, 0.5) is 14.9 Å². The van der Waals surface area contributed by atoms with Crippen molar-refractivity contribution in [2.45, 2.75) is 13.0 Å². The fourth-order valence-corrected chi connectivity index (χ4v) is 2.21. The summed E-state index contributed by atoms with van der Waals surface area (Å²) in [7, 11) is 0. The molecule has 126 valence electrons. The van der Waals surface area contributed by atoms with E-state index < -0.39 is 17.8 Å². The summed E-state index contributed by atoms with van der Waals surface area (Å²) in [5, 5.41) is 6.89. The lowest BCUT2D eigenvalue weighted by Crippen LogP contribution is -2.87. The van der Waals surface area contributed by atoms with E-state index in [9.17, 15) is 14.0 Å². The Morgan fingerprint density at radius 3 is 2.50 bits per heavy atom. The molecule has 0 fully saturated rings. The van der Waals surface area contributed by atoms with Crippen LogP contribution in [0.1, 0.15) is 18.5 Å². The van der Waals surface area contributed by atoms with Gasteiger partial charge in [-0.2, -0.15) is 0 Å². The number of para-hydroxylation sites is 1. The van der Waals surface area contributed by atoms with Crippen LogP contribution >= 0.6 is 11.6 Å². The van der Waals surface area contributed by atoms with Gasteiger partial charge in [0, 0.05) is 10.6 Å². The van der Waals surface area contributed by atoms with Gasteiger partial charge in [0.1, 0.15) is 11.9 Å². The molecule has 1 atom stereocenters. The van der Waals surface area contributed by atoms with Crippen LogP contribution in [-0.4, -0.2) is 18.5 Å². The smallest absolute Gasteiger partial charge is 0.326 e. The Kier molecular flexibility index (Phi) is 6.28. The van der Waals surface area contributed by atoms with Gasteiger partial charge in [-0.05, 0) is 31.2 Å². The Balaban J connectivity index is 1.79. The Hall–Kier alpha value is -2.44. The van der Waals surface area contributed by atoms with Gasteiger partial charge in [0.05, 0.1) is 5.69 Å². The first-order chi connectivity index (χ1) is 11.5. The fourth-order valence-electron chi connectivity index (χ4n) is 2.08. The summed E-state index contributed by atoms with van der Waals surface area (Å²) in [5.41, 5.74) is 1.03. The highest BCUT2D eigenvalue weighted by Gasteiger charge is 2.14. The first-order valence-electron chi connectivity index (χ1n) is 7.40. The minimum atomic E-state index is -0.766. The van der Waals surface area contributed by atoms with Gasteiger partial charge in [-0.1, -0.05) is 35.9 Å². The second-order valence-corrected chi connectivity index (χ2v) is 5.70. The lowest BCUT2D eigenvalue weighted by atomic mass is 10.1. The van der Waals surface area contributed by atoms with Crippen LogP contribution in [0.3, 0.4) is 0 Å². The normalized spacial score (nSPS) is 11.6. The van der Waals surface area contributed by atoms with Crippen molar-refractivity contribution in [2.24, 2.45) is 0 Å². The molecule has 0 bridgehead atoms. The topological polar surface area (TPSA) is 74.8 Å². The first kappa shape index (κ1) is 17.9. The summed E-state index contributed by atoms with van der Waals surface area (Å²) < 4.78 is 13.4. The highest BCUT2D eigenvalue weighted by molar-refractivity contribution is 6.30. The first-order valence-corrected chi connectivity index (χ1v) is 7.77. The number of carbonyl (C=O) groups is 2. The molecule has 5 nitrogen and oxygen atoms in total. The van der Waals surface area contributed by atoms with Crippen LogP contribution in [0, 0.1) is 5.82 Å². The number of hydrogen-bond acceptors (Lipinski definition) is 2. The summed E-state index contributed by atoms with van der Waals surface area (Å²) in [6.07, 6.45) is 0. The Labute approximate surface area is 144 Å². The summed E-state index contributed by atoms with van der Waals surface area (Å²) in [6, 6.07) is 12.3. The van der Waals surface area contributed by atoms with E-state index >= 15 is 0 Å². The lowest BCUT2D eigenvalue weighted by Gasteiger charge is -2.11. The molecule has 2 rings (SSSR count). The van der Waals surface area contributed by atoms with E-state index in [-0.39, 0.29) is 18.3 Å². The van der Waals surface area contributed by atoms with Gasteiger partial charge >= 0.3 is 6.03 Å².